The van der Waals surface area contributed by atoms with Crippen molar-refractivity contribution in [1.29, 1.82) is 0 Å². The van der Waals surface area contributed by atoms with Crippen LogP contribution in [0.1, 0.15) is 41.0 Å². The maximum absolute atomic E-state index is 2.41. The summed E-state index contributed by atoms with van der Waals surface area (Å²) in [5.74, 6) is 0. The quantitative estimate of drug-likeness (QED) is 0.450. The average molecular weight is 138 g/mol. The molecule has 1 aliphatic rings. The summed E-state index contributed by atoms with van der Waals surface area (Å²) >= 11 is 0. The van der Waals surface area contributed by atoms with Crippen LogP contribution >= 0.6 is 0 Å². The highest BCUT2D eigenvalue weighted by molar-refractivity contribution is 5.21. The molecule has 0 aromatic heterocycles. The molecule has 0 aromatic rings. The molecule has 0 radical (unpaired) electrons. The summed E-state index contributed by atoms with van der Waals surface area (Å²) < 4.78 is 0. The van der Waals surface area contributed by atoms with Crippen LogP contribution in [0.25, 0.3) is 0 Å². The lowest BCUT2D eigenvalue weighted by Gasteiger charge is -2.23. The SMILES string of the molecule is CC1=CC(C)(C)CC1(C)C. The van der Waals surface area contributed by atoms with Gasteiger partial charge in [-0.15, -0.1) is 0 Å². The zero-order valence-electron chi connectivity index (χ0n) is 7.78. The Morgan fingerprint density at radius 1 is 1.20 bits per heavy atom. The zero-order valence-corrected chi connectivity index (χ0v) is 7.78. The van der Waals surface area contributed by atoms with Crippen LogP contribution in [0.4, 0.5) is 0 Å². The van der Waals surface area contributed by atoms with Crippen LogP contribution in [0.2, 0.25) is 0 Å². The zero-order chi connectivity index (χ0) is 7.99. The summed E-state index contributed by atoms with van der Waals surface area (Å²) in [6, 6.07) is 0. The van der Waals surface area contributed by atoms with Gasteiger partial charge in [-0.05, 0) is 24.2 Å². The predicted octanol–water partition coefficient (Wildman–Crippen LogP) is 3.39. The second kappa shape index (κ2) is 1.87. The highest BCUT2D eigenvalue weighted by atomic mass is 14.4. The van der Waals surface area contributed by atoms with Gasteiger partial charge in [0.05, 0.1) is 0 Å². The molecule has 1 aliphatic carbocycles. The summed E-state index contributed by atoms with van der Waals surface area (Å²) in [5, 5.41) is 0. The molecule has 0 saturated heterocycles. The molecule has 0 nitrogen and oxygen atoms in total. The van der Waals surface area contributed by atoms with Gasteiger partial charge in [-0.1, -0.05) is 39.3 Å². The third-order valence-electron chi connectivity index (χ3n) is 2.57. The minimum atomic E-state index is 0.438. The van der Waals surface area contributed by atoms with Crippen LogP contribution in [0.5, 0.6) is 0 Å². The highest BCUT2D eigenvalue weighted by Gasteiger charge is 2.34. The fourth-order valence-corrected chi connectivity index (χ4v) is 2.11. The van der Waals surface area contributed by atoms with Crippen LogP contribution in [-0.4, -0.2) is 0 Å². The molecular formula is C10H18. The average Bonchev–Trinajstić information content (AvgIpc) is 1.73. The van der Waals surface area contributed by atoms with E-state index in [1.54, 1.807) is 5.57 Å². The number of hydrogen-bond acceptors (Lipinski definition) is 0. The molecule has 58 valence electrons. The first kappa shape index (κ1) is 7.84. The first-order chi connectivity index (χ1) is 4.33. The van der Waals surface area contributed by atoms with Crippen LogP contribution < -0.4 is 0 Å². The normalized spacial score (nSPS) is 28.3. The van der Waals surface area contributed by atoms with Crippen molar-refractivity contribution in [3.63, 3.8) is 0 Å². The monoisotopic (exact) mass is 138 g/mol. The van der Waals surface area contributed by atoms with Gasteiger partial charge in [0.15, 0.2) is 0 Å². The fraction of sp³-hybridized carbons (Fsp3) is 0.800. The van der Waals surface area contributed by atoms with Crippen molar-refractivity contribution < 1.29 is 0 Å². The van der Waals surface area contributed by atoms with Crippen molar-refractivity contribution in [2.45, 2.75) is 41.0 Å². The number of allylic oxidation sites excluding steroid dienone is 2. The van der Waals surface area contributed by atoms with Crippen LogP contribution in [0.15, 0.2) is 11.6 Å². The molecule has 10 heavy (non-hydrogen) atoms. The molecule has 1 rings (SSSR count). The van der Waals surface area contributed by atoms with E-state index in [1.807, 2.05) is 0 Å². The Hall–Kier alpha value is -0.260. The van der Waals surface area contributed by atoms with Gasteiger partial charge >= 0.3 is 0 Å². The van der Waals surface area contributed by atoms with Crippen molar-refractivity contribution in [2.24, 2.45) is 10.8 Å². The van der Waals surface area contributed by atoms with Gasteiger partial charge in [0.1, 0.15) is 0 Å². The number of rotatable bonds is 0. The highest BCUT2D eigenvalue weighted by Crippen LogP contribution is 2.47. The smallest absolute Gasteiger partial charge is 0.0139 e. The van der Waals surface area contributed by atoms with Crippen molar-refractivity contribution in [3.8, 4) is 0 Å². The van der Waals surface area contributed by atoms with E-state index in [0.717, 1.165) is 0 Å². The van der Waals surface area contributed by atoms with Gasteiger partial charge in [-0.3, -0.25) is 0 Å². The summed E-state index contributed by atoms with van der Waals surface area (Å²) in [5.41, 5.74) is 2.44. The lowest BCUT2D eigenvalue weighted by atomic mass is 9.81. The van der Waals surface area contributed by atoms with Crippen molar-refractivity contribution >= 4 is 0 Å². The topological polar surface area (TPSA) is 0 Å². The molecule has 0 amide bonds. The minimum absolute atomic E-state index is 0.438. The maximum Gasteiger partial charge on any atom is -0.0139 e. The van der Waals surface area contributed by atoms with Gasteiger partial charge in [-0.2, -0.15) is 0 Å². The van der Waals surface area contributed by atoms with Gasteiger partial charge in [0, 0.05) is 0 Å². The Morgan fingerprint density at radius 2 is 1.70 bits per heavy atom. The standard InChI is InChI=1S/C10H18/c1-8-6-9(2,3)7-10(8,4)5/h6H,7H2,1-5H3. The molecule has 0 atom stereocenters. The minimum Gasteiger partial charge on any atom is -0.0794 e. The Labute approximate surface area is 64.3 Å². The Kier molecular flexibility index (Phi) is 1.47. The van der Waals surface area contributed by atoms with E-state index in [1.165, 1.54) is 6.42 Å². The predicted molar refractivity (Wildman–Crippen MR) is 45.9 cm³/mol. The van der Waals surface area contributed by atoms with Crippen LogP contribution in [0, 0.1) is 10.8 Å². The van der Waals surface area contributed by atoms with Crippen LogP contribution in [0.3, 0.4) is 0 Å². The molecule has 0 aliphatic heterocycles. The van der Waals surface area contributed by atoms with Gasteiger partial charge < -0.3 is 0 Å². The van der Waals surface area contributed by atoms with E-state index < -0.39 is 0 Å². The Morgan fingerprint density at radius 3 is 1.80 bits per heavy atom. The Balaban J connectivity index is 2.89. The molecule has 0 heterocycles. The lowest BCUT2D eigenvalue weighted by molar-refractivity contribution is 0.324. The molecule has 0 bridgehead atoms. The fourth-order valence-electron chi connectivity index (χ4n) is 2.11. The molecule has 0 aromatic carbocycles. The number of hydrogen-bond donors (Lipinski definition) is 0. The van der Waals surface area contributed by atoms with E-state index in [-0.39, 0.29) is 0 Å². The molecule has 0 N–H and O–H groups in total. The summed E-state index contributed by atoms with van der Waals surface area (Å²) in [6.07, 6.45) is 3.71. The van der Waals surface area contributed by atoms with E-state index in [4.69, 9.17) is 0 Å². The van der Waals surface area contributed by atoms with Crippen molar-refractivity contribution in [3.05, 3.63) is 11.6 Å². The molecule has 0 heteroatoms. The summed E-state index contributed by atoms with van der Waals surface area (Å²) in [6.45, 7) is 11.5. The first-order valence-electron chi connectivity index (χ1n) is 4.03. The summed E-state index contributed by atoms with van der Waals surface area (Å²) in [7, 11) is 0. The summed E-state index contributed by atoms with van der Waals surface area (Å²) in [4.78, 5) is 0. The second-order valence-corrected chi connectivity index (χ2v) is 4.88. The molecule has 0 spiro atoms. The molecule has 0 saturated carbocycles. The third kappa shape index (κ3) is 1.25. The largest absolute Gasteiger partial charge is 0.0794 e. The first-order valence-corrected chi connectivity index (χ1v) is 4.03. The van der Waals surface area contributed by atoms with E-state index in [9.17, 15) is 0 Å². The van der Waals surface area contributed by atoms with Gasteiger partial charge in [-0.25, -0.2) is 0 Å². The van der Waals surface area contributed by atoms with E-state index in [2.05, 4.69) is 40.7 Å². The van der Waals surface area contributed by atoms with Crippen LogP contribution in [-0.2, 0) is 0 Å². The molecular weight excluding hydrogens is 120 g/mol. The van der Waals surface area contributed by atoms with Crippen molar-refractivity contribution in [1.82, 2.24) is 0 Å². The molecule has 0 fully saturated rings. The Bertz CT molecular complexity index is 170. The van der Waals surface area contributed by atoms with Gasteiger partial charge in [0.2, 0.25) is 0 Å². The molecule has 0 unspecified atom stereocenters. The van der Waals surface area contributed by atoms with Gasteiger partial charge in [0.25, 0.3) is 0 Å². The maximum atomic E-state index is 2.41. The lowest BCUT2D eigenvalue weighted by Crippen LogP contribution is -2.13. The third-order valence-corrected chi connectivity index (χ3v) is 2.57. The second-order valence-electron chi connectivity index (χ2n) is 4.88. The van der Waals surface area contributed by atoms with E-state index >= 15 is 0 Å². The van der Waals surface area contributed by atoms with Crippen molar-refractivity contribution in [2.75, 3.05) is 0 Å². The van der Waals surface area contributed by atoms with E-state index in [0.29, 0.717) is 10.8 Å².